The van der Waals surface area contributed by atoms with Crippen LogP contribution in [0.4, 0.5) is 0 Å². The maximum Gasteiger partial charge on any atom is 0.274 e. The number of aryl methyl sites for hydroxylation is 1. The maximum absolute atomic E-state index is 13.7. The minimum Gasteiger partial charge on any atom is -0.506 e. The van der Waals surface area contributed by atoms with Crippen LogP contribution in [-0.2, 0) is 0 Å². The number of phenolic OH excluding ortho intramolecular Hbond substituents is 1. The number of aromatic hydroxyl groups is 1. The summed E-state index contributed by atoms with van der Waals surface area (Å²) < 4.78 is 2.24. The van der Waals surface area contributed by atoms with Gasteiger partial charge in [-0.15, -0.1) is 21.5 Å². The highest BCUT2D eigenvalue weighted by atomic mass is 35.5. The summed E-state index contributed by atoms with van der Waals surface area (Å²) in [6.45, 7) is 1.98. The van der Waals surface area contributed by atoms with Crippen molar-refractivity contribution < 1.29 is 5.11 Å². The maximum atomic E-state index is 13.7. The van der Waals surface area contributed by atoms with E-state index in [9.17, 15) is 15.2 Å². The lowest BCUT2D eigenvalue weighted by Crippen LogP contribution is -2.36. The van der Waals surface area contributed by atoms with Crippen LogP contribution < -0.4 is 14.8 Å². The van der Waals surface area contributed by atoms with Crippen molar-refractivity contribution in [2.75, 3.05) is 0 Å². The highest BCUT2D eigenvalue weighted by Crippen LogP contribution is 2.39. The quantitative estimate of drug-likeness (QED) is 0.388. The lowest BCUT2D eigenvalue weighted by molar-refractivity contribution is 0.480. The van der Waals surface area contributed by atoms with Crippen LogP contribution in [0.3, 0.4) is 0 Å². The summed E-state index contributed by atoms with van der Waals surface area (Å²) in [5.41, 5.74) is 3.54. The van der Waals surface area contributed by atoms with E-state index in [-0.39, 0.29) is 22.3 Å². The Balaban J connectivity index is 1.70. The minimum absolute atomic E-state index is 0.0531. The molecule has 1 atom stereocenters. The molecule has 0 fully saturated rings. The fourth-order valence-corrected chi connectivity index (χ4v) is 5.83. The molecule has 0 amide bonds. The van der Waals surface area contributed by atoms with Crippen LogP contribution in [0.25, 0.3) is 28.4 Å². The molecule has 4 heterocycles. The molecule has 0 spiro atoms. The molecule has 36 heavy (non-hydrogen) atoms. The number of hydrogen-bond acceptors (Lipinski definition) is 8. The molecule has 0 saturated carbocycles. The summed E-state index contributed by atoms with van der Waals surface area (Å²) in [6.07, 6.45) is 3.32. The number of thiazole rings is 1. The van der Waals surface area contributed by atoms with E-state index in [1.807, 2.05) is 37.3 Å². The highest BCUT2D eigenvalue weighted by molar-refractivity contribution is 7.07. The summed E-state index contributed by atoms with van der Waals surface area (Å²) in [5.74, 6) is -0.240. The number of nitriles is 1. The van der Waals surface area contributed by atoms with Gasteiger partial charge in [0.05, 0.1) is 22.1 Å². The first-order valence-corrected chi connectivity index (χ1v) is 12.1. The van der Waals surface area contributed by atoms with E-state index in [0.29, 0.717) is 36.8 Å². The van der Waals surface area contributed by atoms with Crippen molar-refractivity contribution in [1.82, 2.24) is 25.0 Å². The first kappa shape index (κ1) is 22.1. The van der Waals surface area contributed by atoms with E-state index in [4.69, 9.17) is 11.6 Å². The molecular formula is C26H15ClN6O2S. The largest absolute Gasteiger partial charge is 0.506 e. The average molecular weight is 511 g/mol. The van der Waals surface area contributed by atoms with Crippen molar-refractivity contribution >= 4 is 45.5 Å². The van der Waals surface area contributed by atoms with Gasteiger partial charge in [0.25, 0.3) is 5.56 Å². The summed E-state index contributed by atoms with van der Waals surface area (Å²) >= 11 is 7.68. The topological polar surface area (TPSA) is 118 Å². The normalized spacial score (nSPS) is 15.0. The molecule has 0 radical (unpaired) electrons. The monoisotopic (exact) mass is 510 g/mol. The molecule has 6 rings (SSSR count). The van der Waals surface area contributed by atoms with Gasteiger partial charge in [0.15, 0.2) is 11.0 Å². The number of halogens is 1. The number of phenols is 1. The lowest BCUT2D eigenvalue weighted by Gasteiger charge is -2.23. The van der Waals surface area contributed by atoms with Crippen LogP contribution in [0.15, 0.2) is 59.5 Å². The van der Waals surface area contributed by atoms with Gasteiger partial charge in [0, 0.05) is 17.1 Å². The Morgan fingerprint density at radius 3 is 2.75 bits per heavy atom. The number of aromatic nitrogens is 5. The van der Waals surface area contributed by atoms with Crippen molar-refractivity contribution in [2.24, 2.45) is 0 Å². The van der Waals surface area contributed by atoms with Gasteiger partial charge in [0.2, 0.25) is 0 Å². The van der Waals surface area contributed by atoms with E-state index in [1.54, 1.807) is 30.5 Å². The first-order valence-electron chi connectivity index (χ1n) is 10.9. The summed E-state index contributed by atoms with van der Waals surface area (Å²) in [6, 6.07) is 16.9. The molecule has 174 valence electrons. The lowest BCUT2D eigenvalue weighted by atomic mass is 9.85. The Hall–Kier alpha value is -4.39. The number of benzene rings is 2. The van der Waals surface area contributed by atoms with Gasteiger partial charge < -0.3 is 5.11 Å². The predicted octanol–water partition coefficient (Wildman–Crippen LogP) is 2.95. The molecule has 1 aliphatic rings. The second-order valence-corrected chi connectivity index (χ2v) is 9.71. The van der Waals surface area contributed by atoms with E-state index in [1.165, 1.54) is 15.9 Å². The van der Waals surface area contributed by atoms with Gasteiger partial charge in [-0.3, -0.25) is 9.78 Å². The Kier molecular flexibility index (Phi) is 5.14. The average Bonchev–Trinajstić information content (AvgIpc) is 3.21. The van der Waals surface area contributed by atoms with E-state index >= 15 is 0 Å². The second-order valence-electron chi connectivity index (χ2n) is 8.32. The van der Waals surface area contributed by atoms with Crippen molar-refractivity contribution in [3.63, 3.8) is 0 Å². The number of fused-ring (bicyclic) bond motifs is 4. The molecular weight excluding hydrogens is 496 g/mol. The van der Waals surface area contributed by atoms with Crippen LogP contribution in [0, 0.1) is 18.3 Å². The van der Waals surface area contributed by atoms with Crippen molar-refractivity contribution in [1.29, 1.82) is 5.26 Å². The molecule has 0 saturated heterocycles. The van der Waals surface area contributed by atoms with Crippen molar-refractivity contribution in [3.05, 3.63) is 102 Å². The summed E-state index contributed by atoms with van der Waals surface area (Å²) in [4.78, 5) is 17.9. The number of pyridine rings is 1. The zero-order valence-electron chi connectivity index (χ0n) is 18.7. The van der Waals surface area contributed by atoms with Crippen molar-refractivity contribution in [2.45, 2.75) is 12.8 Å². The summed E-state index contributed by atoms with van der Waals surface area (Å²) in [5, 5.41) is 33.1. The summed E-state index contributed by atoms with van der Waals surface area (Å²) in [7, 11) is 0. The highest BCUT2D eigenvalue weighted by Gasteiger charge is 2.34. The van der Waals surface area contributed by atoms with E-state index in [0.717, 1.165) is 11.1 Å². The van der Waals surface area contributed by atoms with E-state index < -0.39 is 5.92 Å². The van der Waals surface area contributed by atoms with Crippen molar-refractivity contribution in [3.8, 4) is 17.6 Å². The van der Waals surface area contributed by atoms with Gasteiger partial charge in [-0.05, 0) is 41.5 Å². The number of rotatable bonds is 2. The van der Waals surface area contributed by atoms with E-state index in [2.05, 4.69) is 26.5 Å². The van der Waals surface area contributed by atoms with Crippen LogP contribution in [0.2, 0.25) is 5.15 Å². The Morgan fingerprint density at radius 2 is 1.97 bits per heavy atom. The molecule has 0 bridgehead atoms. The van der Waals surface area contributed by atoms with Crippen LogP contribution in [0.5, 0.6) is 5.75 Å². The predicted molar refractivity (Wildman–Crippen MR) is 137 cm³/mol. The Morgan fingerprint density at radius 1 is 1.17 bits per heavy atom. The van der Waals surface area contributed by atoms with Gasteiger partial charge in [-0.25, -0.2) is 4.57 Å². The molecule has 3 aromatic heterocycles. The third kappa shape index (κ3) is 3.31. The van der Waals surface area contributed by atoms with Crippen LogP contribution in [-0.4, -0.2) is 30.1 Å². The third-order valence-corrected chi connectivity index (χ3v) is 7.57. The molecule has 1 unspecified atom stereocenters. The minimum atomic E-state index is -0.550. The molecule has 1 aliphatic heterocycles. The van der Waals surface area contributed by atoms with Gasteiger partial charge in [-0.2, -0.15) is 5.26 Å². The smallest absolute Gasteiger partial charge is 0.274 e. The number of nitrogens with zero attached hydrogens (tertiary/aromatic N) is 6. The molecule has 5 aromatic rings. The Labute approximate surface area is 212 Å². The SMILES string of the molecule is Cc1ccc(C2C(C#N)=c3s/c(=C/c4ccc(O)c5ncccc45)c(=O)n3-c3nnnc(Cl)c32)cc1. The fraction of sp³-hybridized carbons (Fsp3) is 0.0769. The molecule has 8 nitrogen and oxygen atoms in total. The van der Waals surface area contributed by atoms with Gasteiger partial charge >= 0.3 is 0 Å². The zero-order chi connectivity index (χ0) is 25.0. The standard InChI is InChI=1S/C26H15ClN6O2S/c1-13-4-6-14(7-5-13)20-17(12-28)26-33(24-21(20)23(27)30-32-31-24)25(35)19(36-26)11-15-8-9-18(34)22-16(15)3-2-10-29-22/h2-11,20,34H,1H3/b19-11+. The second kappa shape index (κ2) is 8.37. The first-order chi connectivity index (χ1) is 17.5. The van der Waals surface area contributed by atoms with Gasteiger partial charge in [-0.1, -0.05) is 53.6 Å². The third-order valence-electron chi connectivity index (χ3n) is 6.18. The zero-order valence-corrected chi connectivity index (χ0v) is 20.2. The van der Waals surface area contributed by atoms with Crippen LogP contribution in [0.1, 0.15) is 28.2 Å². The Bertz CT molecular complexity index is 1920. The molecule has 2 aromatic carbocycles. The molecule has 0 aliphatic carbocycles. The molecule has 10 heteroatoms. The van der Waals surface area contributed by atoms with Crippen LogP contribution >= 0.6 is 22.9 Å². The van der Waals surface area contributed by atoms with Gasteiger partial charge in [0.1, 0.15) is 15.9 Å². The number of hydrogen-bond donors (Lipinski definition) is 1. The fourth-order valence-electron chi connectivity index (χ4n) is 4.49. The molecule has 1 N–H and O–H groups in total.